The minimum atomic E-state index is -4.59. The van der Waals surface area contributed by atoms with E-state index < -0.39 is 23.8 Å². The minimum absolute atomic E-state index is 0.175. The number of nitrogens with zero attached hydrogens (tertiary/aromatic N) is 5. The van der Waals surface area contributed by atoms with Crippen LogP contribution >= 0.6 is 0 Å². The Kier molecular flexibility index (Phi) is 4.71. The second-order valence-electron chi connectivity index (χ2n) is 5.07. The van der Waals surface area contributed by atoms with Crippen molar-refractivity contribution in [3.63, 3.8) is 0 Å². The summed E-state index contributed by atoms with van der Waals surface area (Å²) in [6, 6.07) is 0.222. The van der Waals surface area contributed by atoms with E-state index in [1.54, 1.807) is 11.6 Å². The minimum Gasteiger partial charge on any atom is -0.341 e. The Bertz CT molecular complexity index is 690. The largest absolute Gasteiger partial charge is 0.435 e. The second kappa shape index (κ2) is 6.39. The summed E-state index contributed by atoms with van der Waals surface area (Å²) in [6.07, 6.45) is -2.38. The first-order valence-corrected chi connectivity index (χ1v) is 7.03. The topological polar surface area (TPSA) is 77.6 Å². The summed E-state index contributed by atoms with van der Waals surface area (Å²) >= 11 is 0. The summed E-state index contributed by atoms with van der Waals surface area (Å²) in [7, 11) is 1.29. The summed E-state index contributed by atoms with van der Waals surface area (Å²) in [6.45, 7) is 4.30. The molecule has 0 aliphatic rings. The molecule has 0 saturated heterocycles. The van der Waals surface area contributed by atoms with Crippen molar-refractivity contribution in [2.45, 2.75) is 39.0 Å². The average molecular weight is 330 g/mol. The van der Waals surface area contributed by atoms with Gasteiger partial charge < -0.3 is 5.32 Å². The molecule has 2 rings (SSSR count). The van der Waals surface area contributed by atoms with Crippen molar-refractivity contribution in [2.24, 2.45) is 7.05 Å². The zero-order chi connectivity index (χ0) is 17.2. The summed E-state index contributed by atoms with van der Waals surface area (Å²) in [4.78, 5) is 16.3. The van der Waals surface area contributed by atoms with Crippen LogP contribution in [0, 0.1) is 0 Å². The van der Waals surface area contributed by atoms with Crippen LogP contribution in [-0.4, -0.2) is 30.5 Å². The maximum absolute atomic E-state index is 12.6. The smallest absolute Gasteiger partial charge is 0.341 e. The lowest BCUT2D eigenvalue weighted by Gasteiger charge is -2.14. The first-order valence-electron chi connectivity index (χ1n) is 7.03. The van der Waals surface area contributed by atoms with Crippen LogP contribution in [0.1, 0.15) is 48.3 Å². The molecule has 0 saturated carbocycles. The van der Waals surface area contributed by atoms with E-state index in [1.165, 1.54) is 13.4 Å². The maximum atomic E-state index is 12.6. The highest BCUT2D eigenvalue weighted by molar-refractivity contribution is 5.92. The Morgan fingerprint density at radius 1 is 1.43 bits per heavy atom. The molecule has 0 aliphatic carbocycles. The number of aryl methyl sites for hydroxylation is 2. The fourth-order valence-electron chi connectivity index (χ4n) is 2.15. The molecule has 23 heavy (non-hydrogen) atoms. The molecule has 0 aliphatic heterocycles. The molecule has 0 fully saturated rings. The van der Waals surface area contributed by atoms with Gasteiger partial charge in [-0.15, -0.1) is 0 Å². The molecule has 0 radical (unpaired) electrons. The molecule has 1 amide bonds. The van der Waals surface area contributed by atoms with Crippen molar-refractivity contribution in [2.75, 3.05) is 0 Å². The standard InChI is InChI=1S/C13H17F3N6O/c1-4-5-22-11(17-7-18-22)8(2)19-12(23)9-6-10(13(14,15)16)20-21(9)3/h6-8H,4-5H2,1-3H3,(H,19,23)/t8-/m0/s1. The SMILES string of the molecule is CCCn1ncnc1[C@H](C)NC(=O)c1cc(C(F)(F)F)nn1C. The molecular weight excluding hydrogens is 313 g/mol. The number of amides is 1. The molecule has 1 N–H and O–H groups in total. The van der Waals surface area contributed by atoms with Gasteiger partial charge >= 0.3 is 6.18 Å². The first kappa shape index (κ1) is 17.0. The normalized spacial score (nSPS) is 13.1. The molecule has 7 nitrogen and oxygen atoms in total. The highest BCUT2D eigenvalue weighted by Crippen LogP contribution is 2.28. The molecule has 2 heterocycles. The second-order valence-corrected chi connectivity index (χ2v) is 5.07. The van der Waals surface area contributed by atoms with Crippen molar-refractivity contribution in [3.8, 4) is 0 Å². The lowest BCUT2D eigenvalue weighted by molar-refractivity contribution is -0.141. The van der Waals surface area contributed by atoms with Gasteiger partial charge in [-0.2, -0.15) is 23.4 Å². The van der Waals surface area contributed by atoms with Crippen LogP contribution in [0.15, 0.2) is 12.4 Å². The van der Waals surface area contributed by atoms with Crippen molar-refractivity contribution in [1.29, 1.82) is 0 Å². The summed E-state index contributed by atoms with van der Waals surface area (Å²) < 4.78 is 40.5. The average Bonchev–Trinajstić information content (AvgIpc) is 3.05. The van der Waals surface area contributed by atoms with E-state index in [0.717, 1.165) is 17.2 Å². The molecule has 0 aromatic carbocycles. The van der Waals surface area contributed by atoms with Gasteiger partial charge in [0.15, 0.2) is 5.69 Å². The molecule has 0 unspecified atom stereocenters. The zero-order valence-electron chi connectivity index (χ0n) is 12.9. The number of hydrogen-bond donors (Lipinski definition) is 1. The third kappa shape index (κ3) is 3.69. The van der Waals surface area contributed by atoms with Gasteiger partial charge in [0.1, 0.15) is 17.8 Å². The quantitative estimate of drug-likeness (QED) is 0.909. The van der Waals surface area contributed by atoms with Crippen molar-refractivity contribution in [1.82, 2.24) is 29.9 Å². The van der Waals surface area contributed by atoms with Crippen LogP contribution < -0.4 is 5.32 Å². The van der Waals surface area contributed by atoms with Gasteiger partial charge in [0.25, 0.3) is 5.91 Å². The number of alkyl halides is 3. The third-order valence-electron chi connectivity index (χ3n) is 3.22. The van der Waals surface area contributed by atoms with Crippen molar-refractivity contribution < 1.29 is 18.0 Å². The van der Waals surface area contributed by atoms with E-state index in [2.05, 4.69) is 20.5 Å². The molecular formula is C13H17F3N6O. The van der Waals surface area contributed by atoms with Crippen LogP contribution in [0.25, 0.3) is 0 Å². The highest BCUT2D eigenvalue weighted by Gasteiger charge is 2.35. The summed E-state index contributed by atoms with van der Waals surface area (Å²) in [5.41, 5.74) is -1.28. The van der Waals surface area contributed by atoms with E-state index in [9.17, 15) is 18.0 Å². The molecule has 0 spiro atoms. The van der Waals surface area contributed by atoms with Crippen molar-refractivity contribution >= 4 is 5.91 Å². The molecule has 2 aromatic heterocycles. The summed E-state index contributed by atoms with van der Waals surface area (Å²) in [5, 5.41) is 9.98. The van der Waals surface area contributed by atoms with Gasteiger partial charge in [-0.25, -0.2) is 9.67 Å². The van der Waals surface area contributed by atoms with Gasteiger partial charge in [-0.05, 0) is 13.3 Å². The lowest BCUT2D eigenvalue weighted by Crippen LogP contribution is -2.30. The van der Waals surface area contributed by atoms with Gasteiger partial charge in [0, 0.05) is 19.7 Å². The Balaban J connectivity index is 2.15. The Labute approximate surface area is 130 Å². The predicted octanol–water partition coefficient (Wildman–Crippen LogP) is 1.93. The monoisotopic (exact) mass is 330 g/mol. The summed E-state index contributed by atoms with van der Waals surface area (Å²) in [5.74, 6) is -0.118. The zero-order valence-corrected chi connectivity index (χ0v) is 12.9. The van der Waals surface area contributed by atoms with E-state index in [-0.39, 0.29) is 5.69 Å². The van der Waals surface area contributed by atoms with Crippen molar-refractivity contribution in [3.05, 3.63) is 29.6 Å². The lowest BCUT2D eigenvalue weighted by atomic mass is 10.2. The van der Waals surface area contributed by atoms with Gasteiger partial charge in [-0.3, -0.25) is 9.48 Å². The van der Waals surface area contributed by atoms with E-state index in [0.29, 0.717) is 12.4 Å². The Hall–Kier alpha value is -2.39. The number of hydrogen-bond acceptors (Lipinski definition) is 4. The van der Waals surface area contributed by atoms with E-state index in [1.807, 2.05) is 6.92 Å². The number of nitrogens with one attached hydrogen (secondary N) is 1. The Morgan fingerprint density at radius 3 is 2.70 bits per heavy atom. The fraction of sp³-hybridized carbons (Fsp3) is 0.538. The van der Waals surface area contributed by atoms with Crippen LogP contribution in [0.3, 0.4) is 0 Å². The van der Waals surface area contributed by atoms with Crippen LogP contribution in [0.4, 0.5) is 13.2 Å². The van der Waals surface area contributed by atoms with Crippen LogP contribution in [-0.2, 0) is 19.8 Å². The van der Waals surface area contributed by atoms with Gasteiger partial charge in [0.05, 0.1) is 6.04 Å². The number of aromatic nitrogens is 5. The first-order chi connectivity index (χ1) is 10.7. The molecule has 10 heteroatoms. The van der Waals surface area contributed by atoms with Crippen LogP contribution in [0.2, 0.25) is 0 Å². The molecule has 2 aromatic rings. The maximum Gasteiger partial charge on any atom is 0.435 e. The van der Waals surface area contributed by atoms with E-state index in [4.69, 9.17) is 0 Å². The van der Waals surface area contributed by atoms with Crippen LogP contribution in [0.5, 0.6) is 0 Å². The molecule has 126 valence electrons. The van der Waals surface area contributed by atoms with E-state index >= 15 is 0 Å². The number of carbonyl (C=O) groups excluding carboxylic acids is 1. The molecule has 0 bridgehead atoms. The number of carbonyl (C=O) groups is 1. The highest BCUT2D eigenvalue weighted by atomic mass is 19.4. The predicted molar refractivity (Wildman–Crippen MR) is 74.4 cm³/mol. The number of rotatable bonds is 5. The molecule has 1 atom stereocenters. The third-order valence-corrected chi connectivity index (χ3v) is 3.22. The van der Waals surface area contributed by atoms with Gasteiger partial charge in [-0.1, -0.05) is 6.92 Å². The Morgan fingerprint density at radius 2 is 2.13 bits per heavy atom. The van der Waals surface area contributed by atoms with Gasteiger partial charge in [0.2, 0.25) is 0 Å². The fourth-order valence-corrected chi connectivity index (χ4v) is 2.15. The number of halogens is 3.